The van der Waals surface area contributed by atoms with Crippen LogP contribution in [0.25, 0.3) is 0 Å². The fourth-order valence-corrected chi connectivity index (χ4v) is 0.977. The van der Waals surface area contributed by atoms with Crippen molar-refractivity contribution in [3.8, 4) is 0 Å². The Morgan fingerprint density at radius 1 is 1.56 bits per heavy atom. The van der Waals surface area contributed by atoms with E-state index in [0.717, 1.165) is 18.9 Å². The van der Waals surface area contributed by atoms with Crippen LogP contribution in [0.5, 0.6) is 0 Å². The smallest absolute Gasteiger partial charge is 0.0936 e. The van der Waals surface area contributed by atoms with Gasteiger partial charge < -0.3 is 10.2 Å². The first kappa shape index (κ1) is 6.46. The van der Waals surface area contributed by atoms with Gasteiger partial charge in [-0.3, -0.25) is 0 Å². The van der Waals surface area contributed by atoms with E-state index < -0.39 is 0 Å². The SMILES string of the molecule is C=C1NCCCCN1C. The average molecular weight is 126 g/mol. The van der Waals surface area contributed by atoms with E-state index in [1.165, 1.54) is 12.8 Å². The standard InChI is InChI=1S/C7H14N2/c1-7-8-5-3-4-6-9(7)2/h8H,1,3-6H2,2H3. The van der Waals surface area contributed by atoms with Gasteiger partial charge in [0, 0.05) is 20.1 Å². The molecule has 0 unspecified atom stereocenters. The molecule has 0 atom stereocenters. The van der Waals surface area contributed by atoms with E-state index in [9.17, 15) is 0 Å². The third-order valence-electron chi connectivity index (χ3n) is 1.71. The highest BCUT2D eigenvalue weighted by Crippen LogP contribution is 2.02. The van der Waals surface area contributed by atoms with Crippen molar-refractivity contribution in [2.24, 2.45) is 0 Å². The van der Waals surface area contributed by atoms with Crippen LogP contribution in [0.15, 0.2) is 12.4 Å². The summed E-state index contributed by atoms with van der Waals surface area (Å²) < 4.78 is 0. The van der Waals surface area contributed by atoms with Gasteiger partial charge in [-0.25, -0.2) is 0 Å². The minimum absolute atomic E-state index is 1.06. The normalized spacial score (nSPS) is 21.0. The van der Waals surface area contributed by atoms with Crippen molar-refractivity contribution in [3.63, 3.8) is 0 Å². The van der Waals surface area contributed by atoms with Crippen LogP contribution >= 0.6 is 0 Å². The molecule has 9 heavy (non-hydrogen) atoms. The average Bonchev–Trinajstić information content (AvgIpc) is 1.99. The molecule has 1 rings (SSSR count). The highest BCUT2D eigenvalue weighted by Gasteiger charge is 2.04. The summed E-state index contributed by atoms with van der Waals surface area (Å²) in [5.74, 6) is 1.06. The largest absolute Gasteiger partial charge is 0.372 e. The lowest BCUT2D eigenvalue weighted by Gasteiger charge is -2.17. The molecule has 0 aromatic rings. The van der Waals surface area contributed by atoms with Crippen LogP contribution in [-0.4, -0.2) is 25.0 Å². The minimum atomic E-state index is 1.06. The Labute approximate surface area is 56.5 Å². The van der Waals surface area contributed by atoms with Crippen molar-refractivity contribution < 1.29 is 0 Å². The molecular formula is C7H14N2. The highest BCUT2D eigenvalue weighted by atomic mass is 15.2. The van der Waals surface area contributed by atoms with Gasteiger partial charge in [0.15, 0.2) is 0 Å². The Morgan fingerprint density at radius 3 is 3.11 bits per heavy atom. The number of hydrogen-bond acceptors (Lipinski definition) is 2. The van der Waals surface area contributed by atoms with Crippen LogP contribution in [-0.2, 0) is 0 Å². The van der Waals surface area contributed by atoms with Crippen molar-refractivity contribution in [2.45, 2.75) is 12.8 Å². The van der Waals surface area contributed by atoms with Crippen molar-refractivity contribution in [3.05, 3.63) is 12.4 Å². The second-order valence-electron chi connectivity index (χ2n) is 2.50. The van der Waals surface area contributed by atoms with E-state index in [1.54, 1.807) is 0 Å². The molecule has 0 aromatic heterocycles. The van der Waals surface area contributed by atoms with E-state index >= 15 is 0 Å². The molecule has 1 aliphatic heterocycles. The zero-order valence-electron chi connectivity index (χ0n) is 5.98. The maximum Gasteiger partial charge on any atom is 0.0936 e. The highest BCUT2D eigenvalue weighted by molar-refractivity contribution is 4.90. The number of nitrogens with zero attached hydrogens (tertiary/aromatic N) is 1. The van der Waals surface area contributed by atoms with E-state index in [1.807, 2.05) is 0 Å². The summed E-state index contributed by atoms with van der Waals surface area (Å²) in [6.45, 7) is 6.10. The Bertz CT molecular complexity index is 109. The molecule has 0 aliphatic carbocycles. The summed E-state index contributed by atoms with van der Waals surface area (Å²) in [5.41, 5.74) is 0. The van der Waals surface area contributed by atoms with Gasteiger partial charge in [0.2, 0.25) is 0 Å². The molecule has 1 aliphatic rings. The van der Waals surface area contributed by atoms with Crippen LogP contribution in [0.3, 0.4) is 0 Å². The zero-order valence-corrected chi connectivity index (χ0v) is 5.98. The second-order valence-corrected chi connectivity index (χ2v) is 2.50. The predicted molar refractivity (Wildman–Crippen MR) is 39.0 cm³/mol. The first-order valence-electron chi connectivity index (χ1n) is 3.44. The minimum Gasteiger partial charge on any atom is -0.372 e. The topological polar surface area (TPSA) is 15.3 Å². The van der Waals surface area contributed by atoms with Crippen molar-refractivity contribution in [1.82, 2.24) is 10.2 Å². The molecule has 0 aromatic carbocycles. The summed E-state index contributed by atoms with van der Waals surface area (Å²) in [5, 5.41) is 3.23. The Hall–Kier alpha value is -0.660. The quantitative estimate of drug-likeness (QED) is 0.516. The van der Waals surface area contributed by atoms with Crippen LogP contribution in [0.2, 0.25) is 0 Å². The van der Waals surface area contributed by atoms with E-state index in [0.29, 0.717) is 0 Å². The summed E-state index contributed by atoms with van der Waals surface area (Å²) in [4.78, 5) is 2.16. The maximum atomic E-state index is 3.87. The summed E-state index contributed by atoms with van der Waals surface area (Å²) >= 11 is 0. The van der Waals surface area contributed by atoms with Crippen molar-refractivity contribution in [2.75, 3.05) is 20.1 Å². The van der Waals surface area contributed by atoms with Crippen LogP contribution in [0.1, 0.15) is 12.8 Å². The van der Waals surface area contributed by atoms with Crippen LogP contribution in [0.4, 0.5) is 0 Å². The lowest BCUT2D eigenvalue weighted by atomic mass is 10.3. The first-order chi connectivity index (χ1) is 4.30. The third-order valence-corrected chi connectivity index (χ3v) is 1.71. The second kappa shape index (κ2) is 2.76. The van der Waals surface area contributed by atoms with Gasteiger partial charge in [0.25, 0.3) is 0 Å². The van der Waals surface area contributed by atoms with Gasteiger partial charge in [-0.05, 0) is 12.8 Å². The van der Waals surface area contributed by atoms with Gasteiger partial charge in [-0.1, -0.05) is 6.58 Å². The van der Waals surface area contributed by atoms with Crippen LogP contribution in [0, 0.1) is 0 Å². The lowest BCUT2D eigenvalue weighted by molar-refractivity contribution is 0.409. The third kappa shape index (κ3) is 1.63. The lowest BCUT2D eigenvalue weighted by Crippen LogP contribution is -2.25. The molecule has 1 saturated heterocycles. The summed E-state index contributed by atoms with van der Waals surface area (Å²) in [7, 11) is 2.07. The van der Waals surface area contributed by atoms with Gasteiger partial charge in [-0.15, -0.1) is 0 Å². The molecule has 0 radical (unpaired) electrons. The molecule has 0 saturated carbocycles. The monoisotopic (exact) mass is 126 g/mol. The van der Waals surface area contributed by atoms with Gasteiger partial charge in [0.1, 0.15) is 0 Å². The molecule has 52 valence electrons. The van der Waals surface area contributed by atoms with E-state index in [4.69, 9.17) is 0 Å². The Morgan fingerprint density at radius 2 is 2.33 bits per heavy atom. The van der Waals surface area contributed by atoms with Crippen molar-refractivity contribution in [1.29, 1.82) is 0 Å². The maximum absolute atomic E-state index is 3.87. The van der Waals surface area contributed by atoms with Gasteiger partial charge in [0.05, 0.1) is 5.82 Å². The fraction of sp³-hybridized carbons (Fsp3) is 0.714. The van der Waals surface area contributed by atoms with Crippen LogP contribution < -0.4 is 5.32 Å². The molecule has 0 spiro atoms. The summed E-state index contributed by atoms with van der Waals surface area (Å²) in [6, 6.07) is 0. The molecule has 1 fully saturated rings. The van der Waals surface area contributed by atoms with Gasteiger partial charge in [-0.2, -0.15) is 0 Å². The first-order valence-corrected chi connectivity index (χ1v) is 3.44. The number of nitrogens with one attached hydrogen (secondary N) is 1. The molecule has 2 nitrogen and oxygen atoms in total. The Balaban J connectivity index is 2.41. The molecule has 1 heterocycles. The predicted octanol–water partition coefficient (Wildman–Crippen LogP) is 0.773. The van der Waals surface area contributed by atoms with E-state index in [2.05, 4.69) is 23.8 Å². The molecule has 1 N–H and O–H groups in total. The van der Waals surface area contributed by atoms with Crippen molar-refractivity contribution >= 4 is 0 Å². The zero-order chi connectivity index (χ0) is 6.69. The molecule has 0 bridgehead atoms. The molecular weight excluding hydrogens is 112 g/mol. The fourth-order valence-electron chi connectivity index (χ4n) is 0.977. The molecule has 2 heteroatoms. The molecule has 0 amide bonds. The number of hydrogen-bond donors (Lipinski definition) is 1. The Kier molecular flexibility index (Phi) is 1.98. The van der Waals surface area contributed by atoms with E-state index in [-0.39, 0.29) is 0 Å². The summed E-state index contributed by atoms with van der Waals surface area (Å²) in [6.07, 6.45) is 2.55. The van der Waals surface area contributed by atoms with Gasteiger partial charge >= 0.3 is 0 Å². The number of rotatable bonds is 0.